The molecule has 3 heteroatoms. The largest absolute Gasteiger partial charge is 0.334 e. The van der Waals surface area contributed by atoms with Crippen molar-refractivity contribution in [2.75, 3.05) is 0 Å². The van der Waals surface area contributed by atoms with Crippen LogP contribution in [0.15, 0.2) is 18.6 Å². The van der Waals surface area contributed by atoms with Crippen LogP contribution in [0.25, 0.3) is 11.0 Å². The SMILES string of the molecule is CC(C)c1nccc2c1ncn2C. The number of pyridine rings is 1. The molecule has 0 atom stereocenters. The molecule has 0 unspecified atom stereocenters. The maximum atomic E-state index is 4.34. The van der Waals surface area contributed by atoms with Crippen LogP contribution >= 0.6 is 0 Å². The molecule has 2 heterocycles. The van der Waals surface area contributed by atoms with Crippen LogP contribution in [0.2, 0.25) is 0 Å². The Morgan fingerprint density at radius 1 is 1.31 bits per heavy atom. The van der Waals surface area contributed by atoms with Gasteiger partial charge in [0.2, 0.25) is 0 Å². The van der Waals surface area contributed by atoms with Gasteiger partial charge in [-0.05, 0) is 12.0 Å². The van der Waals surface area contributed by atoms with Crippen molar-refractivity contribution in [3.63, 3.8) is 0 Å². The number of nitrogens with zero attached hydrogens (tertiary/aromatic N) is 3. The van der Waals surface area contributed by atoms with Crippen molar-refractivity contribution >= 4 is 11.0 Å². The molecule has 0 aromatic carbocycles. The van der Waals surface area contributed by atoms with Gasteiger partial charge in [0.25, 0.3) is 0 Å². The van der Waals surface area contributed by atoms with E-state index in [1.165, 1.54) is 0 Å². The molecule has 0 saturated carbocycles. The number of imidazole rings is 1. The smallest absolute Gasteiger partial charge is 0.110 e. The summed E-state index contributed by atoms with van der Waals surface area (Å²) < 4.78 is 2.02. The third kappa shape index (κ3) is 1.20. The number of hydrogen-bond acceptors (Lipinski definition) is 2. The monoisotopic (exact) mass is 175 g/mol. The maximum Gasteiger partial charge on any atom is 0.110 e. The van der Waals surface area contributed by atoms with Crippen molar-refractivity contribution in [1.82, 2.24) is 14.5 Å². The van der Waals surface area contributed by atoms with Gasteiger partial charge in [-0.25, -0.2) is 4.98 Å². The summed E-state index contributed by atoms with van der Waals surface area (Å²) in [6, 6.07) is 1.99. The molecule has 0 aliphatic carbocycles. The van der Waals surface area contributed by atoms with E-state index in [2.05, 4.69) is 23.8 Å². The highest BCUT2D eigenvalue weighted by Crippen LogP contribution is 2.20. The normalized spacial score (nSPS) is 11.4. The fourth-order valence-corrected chi connectivity index (χ4v) is 1.51. The lowest BCUT2D eigenvalue weighted by Gasteiger charge is -2.04. The van der Waals surface area contributed by atoms with Crippen molar-refractivity contribution < 1.29 is 0 Å². The van der Waals surface area contributed by atoms with Crippen molar-refractivity contribution in [2.24, 2.45) is 7.05 Å². The summed E-state index contributed by atoms with van der Waals surface area (Å²) in [6.45, 7) is 4.27. The van der Waals surface area contributed by atoms with Crippen molar-refractivity contribution in [3.8, 4) is 0 Å². The molecule has 0 spiro atoms. The fraction of sp³-hybridized carbons (Fsp3) is 0.400. The molecule has 0 N–H and O–H groups in total. The predicted molar refractivity (Wildman–Crippen MR) is 52.6 cm³/mol. The van der Waals surface area contributed by atoms with Gasteiger partial charge in [-0.3, -0.25) is 4.98 Å². The molecule has 2 rings (SSSR count). The second-order valence-electron chi connectivity index (χ2n) is 3.57. The number of rotatable bonds is 1. The Kier molecular flexibility index (Phi) is 1.79. The summed E-state index contributed by atoms with van der Waals surface area (Å²) in [5.74, 6) is 0.429. The number of fused-ring (bicyclic) bond motifs is 1. The fourth-order valence-electron chi connectivity index (χ4n) is 1.51. The Balaban J connectivity index is 2.77. The van der Waals surface area contributed by atoms with Crippen LogP contribution in [0.4, 0.5) is 0 Å². The van der Waals surface area contributed by atoms with Gasteiger partial charge in [0, 0.05) is 13.2 Å². The van der Waals surface area contributed by atoms with E-state index in [-0.39, 0.29) is 0 Å². The zero-order chi connectivity index (χ0) is 9.42. The highest BCUT2D eigenvalue weighted by molar-refractivity contribution is 5.77. The Hall–Kier alpha value is -1.38. The third-order valence-corrected chi connectivity index (χ3v) is 2.22. The van der Waals surface area contributed by atoms with E-state index in [4.69, 9.17) is 0 Å². The second-order valence-corrected chi connectivity index (χ2v) is 3.57. The van der Waals surface area contributed by atoms with Gasteiger partial charge >= 0.3 is 0 Å². The number of aromatic nitrogens is 3. The van der Waals surface area contributed by atoms with Gasteiger partial charge in [0.15, 0.2) is 0 Å². The highest BCUT2D eigenvalue weighted by Gasteiger charge is 2.09. The minimum absolute atomic E-state index is 0.429. The van der Waals surface area contributed by atoms with Gasteiger partial charge in [-0.2, -0.15) is 0 Å². The van der Waals surface area contributed by atoms with Crippen molar-refractivity contribution in [1.29, 1.82) is 0 Å². The summed E-state index contributed by atoms with van der Waals surface area (Å²) in [5, 5.41) is 0. The summed E-state index contributed by atoms with van der Waals surface area (Å²) in [5.41, 5.74) is 3.26. The molecule has 13 heavy (non-hydrogen) atoms. The number of aryl methyl sites for hydroxylation is 1. The Bertz CT molecular complexity index is 429. The topological polar surface area (TPSA) is 30.7 Å². The Labute approximate surface area is 77.4 Å². The van der Waals surface area contributed by atoms with Crippen LogP contribution in [0, 0.1) is 0 Å². The van der Waals surface area contributed by atoms with Crippen molar-refractivity contribution in [2.45, 2.75) is 19.8 Å². The summed E-state index contributed by atoms with van der Waals surface area (Å²) in [4.78, 5) is 8.68. The summed E-state index contributed by atoms with van der Waals surface area (Å²) in [7, 11) is 2.00. The molecule has 0 saturated heterocycles. The summed E-state index contributed by atoms with van der Waals surface area (Å²) in [6.07, 6.45) is 3.68. The van der Waals surface area contributed by atoms with E-state index in [0.717, 1.165) is 16.7 Å². The maximum absolute atomic E-state index is 4.34. The van der Waals surface area contributed by atoms with Gasteiger partial charge < -0.3 is 4.57 Å². The van der Waals surface area contributed by atoms with Crippen LogP contribution in [0.3, 0.4) is 0 Å². The number of hydrogen-bond donors (Lipinski definition) is 0. The quantitative estimate of drug-likeness (QED) is 0.664. The lowest BCUT2D eigenvalue weighted by molar-refractivity contribution is 0.831. The molecule has 3 nitrogen and oxygen atoms in total. The van der Waals surface area contributed by atoms with Gasteiger partial charge in [0.05, 0.1) is 17.5 Å². The lowest BCUT2D eigenvalue weighted by atomic mass is 10.1. The minimum Gasteiger partial charge on any atom is -0.334 e. The Morgan fingerprint density at radius 2 is 2.08 bits per heavy atom. The van der Waals surface area contributed by atoms with E-state index in [1.54, 1.807) is 0 Å². The first-order valence-corrected chi connectivity index (χ1v) is 4.46. The first-order valence-electron chi connectivity index (χ1n) is 4.46. The van der Waals surface area contributed by atoms with Gasteiger partial charge in [-0.15, -0.1) is 0 Å². The van der Waals surface area contributed by atoms with Crippen LogP contribution < -0.4 is 0 Å². The molecule has 0 radical (unpaired) electrons. The van der Waals surface area contributed by atoms with Crippen LogP contribution in [-0.2, 0) is 7.05 Å². The van der Waals surface area contributed by atoms with E-state index < -0.39 is 0 Å². The van der Waals surface area contributed by atoms with E-state index in [0.29, 0.717) is 5.92 Å². The molecular formula is C10H13N3. The van der Waals surface area contributed by atoms with Crippen LogP contribution in [-0.4, -0.2) is 14.5 Å². The Morgan fingerprint density at radius 3 is 2.77 bits per heavy atom. The zero-order valence-electron chi connectivity index (χ0n) is 8.15. The molecule has 0 aliphatic heterocycles. The average Bonchev–Trinajstić information content (AvgIpc) is 2.48. The standard InChI is InChI=1S/C10H13N3/c1-7(2)9-10-8(4-5-11-9)13(3)6-12-10/h4-7H,1-3H3. The lowest BCUT2D eigenvalue weighted by Crippen LogP contribution is -1.94. The van der Waals surface area contributed by atoms with Gasteiger partial charge in [-0.1, -0.05) is 13.8 Å². The minimum atomic E-state index is 0.429. The third-order valence-electron chi connectivity index (χ3n) is 2.22. The first-order chi connectivity index (χ1) is 6.20. The molecule has 0 fully saturated rings. The van der Waals surface area contributed by atoms with E-state index in [1.807, 2.05) is 30.2 Å². The molecule has 0 aliphatic rings. The van der Waals surface area contributed by atoms with Crippen molar-refractivity contribution in [3.05, 3.63) is 24.3 Å². The van der Waals surface area contributed by atoms with Crippen LogP contribution in [0.1, 0.15) is 25.5 Å². The molecule has 68 valence electrons. The molecule has 2 aromatic heterocycles. The first kappa shape index (κ1) is 8.23. The zero-order valence-corrected chi connectivity index (χ0v) is 8.15. The second kappa shape index (κ2) is 2.83. The highest BCUT2D eigenvalue weighted by atomic mass is 15.0. The molecule has 2 aromatic rings. The molecule has 0 bridgehead atoms. The van der Waals surface area contributed by atoms with Crippen LogP contribution in [0.5, 0.6) is 0 Å². The molecule has 0 amide bonds. The summed E-state index contributed by atoms with van der Waals surface area (Å²) >= 11 is 0. The molecular weight excluding hydrogens is 162 g/mol. The average molecular weight is 175 g/mol. The predicted octanol–water partition coefficient (Wildman–Crippen LogP) is 2.09. The van der Waals surface area contributed by atoms with E-state index in [9.17, 15) is 0 Å². The van der Waals surface area contributed by atoms with E-state index >= 15 is 0 Å². The van der Waals surface area contributed by atoms with Gasteiger partial charge in [0.1, 0.15) is 5.52 Å².